The van der Waals surface area contributed by atoms with Crippen LogP contribution in [-0.4, -0.2) is 24.9 Å². The molecule has 2 N–H and O–H groups in total. The average molecular weight is 241 g/mol. The molecule has 1 rings (SSSR count). The maximum atomic E-state index is 13.8. The summed E-state index contributed by atoms with van der Waals surface area (Å²) >= 11 is 0. The number of ether oxygens (including phenoxy) is 1. The second-order valence-electron chi connectivity index (χ2n) is 3.89. The summed E-state index contributed by atoms with van der Waals surface area (Å²) in [5, 5.41) is 11.8. The first-order valence-electron chi connectivity index (χ1n) is 5.95. The first kappa shape index (κ1) is 13.9. The molecule has 3 nitrogen and oxygen atoms in total. The van der Waals surface area contributed by atoms with Crippen molar-refractivity contribution in [2.75, 3.05) is 19.8 Å². The van der Waals surface area contributed by atoms with Gasteiger partial charge < -0.3 is 15.2 Å². The molecule has 17 heavy (non-hydrogen) atoms. The van der Waals surface area contributed by atoms with Crippen molar-refractivity contribution >= 4 is 0 Å². The van der Waals surface area contributed by atoms with Crippen LogP contribution in [0.2, 0.25) is 0 Å². The van der Waals surface area contributed by atoms with E-state index in [2.05, 4.69) is 5.32 Å². The highest BCUT2D eigenvalue weighted by molar-refractivity contribution is 5.30. The highest BCUT2D eigenvalue weighted by Crippen LogP contribution is 2.21. The number of rotatable bonds is 7. The molecule has 1 aromatic carbocycles. The van der Waals surface area contributed by atoms with Crippen LogP contribution >= 0.6 is 0 Å². The molecule has 0 heterocycles. The van der Waals surface area contributed by atoms with Gasteiger partial charge in [-0.25, -0.2) is 4.39 Å². The summed E-state index contributed by atoms with van der Waals surface area (Å²) in [5.41, 5.74) is 0.640. The highest BCUT2D eigenvalue weighted by Gasteiger charge is 2.10. The molecular weight excluding hydrogens is 221 g/mol. The summed E-state index contributed by atoms with van der Waals surface area (Å²) < 4.78 is 19.1. The van der Waals surface area contributed by atoms with E-state index in [0.717, 1.165) is 6.54 Å². The summed E-state index contributed by atoms with van der Waals surface area (Å²) in [4.78, 5) is 0. The zero-order valence-corrected chi connectivity index (χ0v) is 10.4. The number of nitrogens with one attached hydrogen (secondary N) is 1. The molecule has 0 radical (unpaired) electrons. The largest absolute Gasteiger partial charge is 0.493 e. The Bertz CT molecular complexity index is 344. The van der Waals surface area contributed by atoms with Gasteiger partial charge in [-0.15, -0.1) is 0 Å². The third-order valence-corrected chi connectivity index (χ3v) is 2.52. The second kappa shape index (κ2) is 7.25. The van der Waals surface area contributed by atoms with Crippen molar-refractivity contribution in [1.29, 1.82) is 0 Å². The van der Waals surface area contributed by atoms with Gasteiger partial charge in [0.2, 0.25) is 0 Å². The van der Waals surface area contributed by atoms with E-state index in [9.17, 15) is 4.39 Å². The standard InChI is InChI=1S/C13H20FNO2/c1-3-15-10(2)12-6-5-11(9-13(12)14)17-8-4-7-16/h5-6,9-10,15-16H,3-4,7-8H2,1-2H3. The second-order valence-corrected chi connectivity index (χ2v) is 3.89. The lowest BCUT2D eigenvalue weighted by Crippen LogP contribution is -2.18. The monoisotopic (exact) mass is 241 g/mol. The van der Waals surface area contributed by atoms with Crippen LogP contribution in [0, 0.1) is 5.82 Å². The number of aliphatic hydroxyl groups excluding tert-OH is 1. The van der Waals surface area contributed by atoms with Crippen LogP contribution in [0.15, 0.2) is 18.2 Å². The molecule has 0 saturated carbocycles. The van der Waals surface area contributed by atoms with E-state index in [1.165, 1.54) is 6.07 Å². The summed E-state index contributed by atoms with van der Waals surface area (Å²) in [6, 6.07) is 4.87. The van der Waals surface area contributed by atoms with Crippen molar-refractivity contribution in [2.45, 2.75) is 26.3 Å². The minimum absolute atomic E-state index is 0.00788. The molecule has 0 amide bonds. The molecule has 0 saturated heterocycles. The molecule has 0 aliphatic carbocycles. The number of benzene rings is 1. The Hall–Kier alpha value is -1.13. The third-order valence-electron chi connectivity index (χ3n) is 2.52. The number of halogens is 1. The fraction of sp³-hybridized carbons (Fsp3) is 0.538. The fourth-order valence-electron chi connectivity index (χ4n) is 1.62. The molecule has 1 aromatic rings. The van der Waals surface area contributed by atoms with Gasteiger partial charge in [-0.3, -0.25) is 0 Å². The summed E-state index contributed by atoms with van der Waals surface area (Å²) in [6.45, 7) is 5.19. The lowest BCUT2D eigenvalue weighted by Gasteiger charge is -2.14. The van der Waals surface area contributed by atoms with E-state index in [1.54, 1.807) is 12.1 Å². The molecule has 1 unspecified atom stereocenters. The van der Waals surface area contributed by atoms with Crippen molar-refractivity contribution in [2.24, 2.45) is 0 Å². The van der Waals surface area contributed by atoms with Crippen LogP contribution in [0.25, 0.3) is 0 Å². The Morgan fingerprint density at radius 1 is 1.47 bits per heavy atom. The molecule has 96 valence electrons. The normalized spacial score (nSPS) is 12.5. The minimum Gasteiger partial charge on any atom is -0.493 e. The molecule has 4 heteroatoms. The number of hydrogen-bond acceptors (Lipinski definition) is 3. The van der Waals surface area contributed by atoms with Crippen molar-refractivity contribution in [1.82, 2.24) is 5.32 Å². The zero-order chi connectivity index (χ0) is 12.7. The molecule has 0 bridgehead atoms. The van der Waals surface area contributed by atoms with Crippen molar-refractivity contribution in [3.8, 4) is 5.75 Å². The number of aliphatic hydroxyl groups is 1. The van der Waals surface area contributed by atoms with Gasteiger partial charge in [0.1, 0.15) is 11.6 Å². The summed E-state index contributed by atoms with van der Waals surface area (Å²) in [7, 11) is 0. The Kier molecular flexibility index (Phi) is 5.94. The lowest BCUT2D eigenvalue weighted by molar-refractivity contribution is 0.233. The Balaban J connectivity index is 2.65. The van der Waals surface area contributed by atoms with Gasteiger partial charge in [0.25, 0.3) is 0 Å². The Labute approximate surface area is 102 Å². The fourth-order valence-corrected chi connectivity index (χ4v) is 1.62. The van der Waals surface area contributed by atoms with Crippen LogP contribution in [0.5, 0.6) is 5.75 Å². The van der Waals surface area contributed by atoms with E-state index >= 15 is 0 Å². The van der Waals surface area contributed by atoms with Crippen molar-refractivity contribution in [3.63, 3.8) is 0 Å². The van der Waals surface area contributed by atoms with Crippen LogP contribution in [-0.2, 0) is 0 Å². The molecular formula is C13H20FNO2. The van der Waals surface area contributed by atoms with Crippen LogP contribution < -0.4 is 10.1 Å². The molecule has 0 aliphatic heterocycles. The zero-order valence-electron chi connectivity index (χ0n) is 10.4. The molecule has 0 aromatic heterocycles. The van der Waals surface area contributed by atoms with E-state index in [1.807, 2.05) is 13.8 Å². The van der Waals surface area contributed by atoms with E-state index in [4.69, 9.17) is 9.84 Å². The van der Waals surface area contributed by atoms with Crippen molar-refractivity contribution < 1.29 is 14.2 Å². The van der Waals surface area contributed by atoms with E-state index in [0.29, 0.717) is 24.3 Å². The topological polar surface area (TPSA) is 41.5 Å². The maximum Gasteiger partial charge on any atom is 0.131 e. The van der Waals surface area contributed by atoms with Gasteiger partial charge in [0.05, 0.1) is 6.61 Å². The highest BCUT2D eigenvalue weighted by atomic mass is 19.1. The molecule has 0 fully saturated rings. The first-order valence-corrected chi connectivity index (χ1v) is 5.95. The smallest absolute Gasteiger partial charge is 0.131 e. The minimum atomic E-state index is -0.264. The quantitative estimate of drug-likeness (QED) is 0.719. The van der Waals surface area contributed by atoms with Gasteiger partial charge in [0, 0.05) is 30.7 Å². The predicted molar refractivity (Wildman–Crippen MR) is 65.7 cm³/mol. The van der Waals surface area contributed by atoms with Gasteiger partial charge in [-0.2, -0.15) is 0 Å². The van der Waals surface area contributed by atoms with Crippen LogP contribution in [0.1, 0.15) is 31.9 Å². The van der Waals surface area contributed by atoms with Crippen molar-refractivity contribution in [3.05, 3.63) is 29.6 Å². The lowest BCUT2D eigenvalue weighted by atomic mass is 10.1. The van der Waals surface area contributed by atoms with Gasteiger partial charge in [-0.1, -0.05) is 13.0 Å². The molecule has 0 aliphatic rings. The first-order chi connectivity index (χ1) is 8.19. The Morgan fingerprint density at radius 3 is 2.82 bits per heavy atom. The SMILES string of the molecule is CCNC(C)c1ccc(OCCCO)cc1F. The van der Waals surface area contributed by atoms with Crippen LogP contribution in [0.4, 0.5) is 4.39 Å². The number of hydrogen-bond donors (Lipinski definition) is 2. The van der Waals surface area contributed by atoms with Gasteiger partial charge in [-0.05, 0) is 19.5 Å². The molecule has 1 atom stereocenters. The predicted octanol–water partition coefficient (Wildman–Crippen LogP) is 2.26. The van der Waals surface area contributed by atoms with Gasteiger partial charge in [0.15, 0.2) is 0 Å². The Morgan fingerprint density at radius 2 is 2.24 bits per heavy atom. The maximum absolute atomic E-state index is 13.8. The van der Waals surface area contributed by atoms with Crippen LogP contribution in [0.3, 0.4) is 0 Å². The molecule has 0 spiro atoms. The van der Waals surface area contributed by atoms with E-state index in [-0.39, 0.29) is 18.5 Å². The average Bonchev–Trinajstić information content (AvgIpc) is 2.29. The summed E-state index contributed by atoms with van der Waals surface area (Å²) in [6.07, 6.45) is 0.553. The van der Waals surface area contributed by atoms with Gasteiger partial charge >= 0.3 is 0 Å². The summed E-state index contributed by atoms with van der Waals surface area (Å²) in [5.74, 6) is 0.239. The van der Waals surface area contributed by atoms with E-state index < -0.39 is 0 Å². The third kappa shape index (κ3) is 4.32.